The van der Waals surface area contributed by atoms with Crippen LogP contribution in [0.3, 0.4) is 0 Å². The van der Waals surface area contributed by atoms with E-state index in [1.165, 1.54) is 0 Å². The lowest BCUT2D eigenvalue weighted by Gasteiger charge is -2.14. The number of hydrogen-bond donors (Lipinski definition) is 2. The Kier molecular flexibility index (Phi) is 9.04. The zero-order chi connectivity index (χ0) is 19.8. The number of nitrogens with zero attached hydrogens (tertiary/aromatic N) is 2. The van der Waals surface area contributed by atoms with Gasteiger partial charge >= 0.3 is 6.09 Å². The number of anilines is 1. The van der Waals surface area contributed by atoms with E-state index >= 15 is 0 Å². The maximum atomic E-state index is 11.6. The van der Waals surface area contributed by atoms with E-state index in [1.807, 2.05) is 43.3 Å². The lowest BCUT2D eigenvalue weighted by Crippen LogP contribution is -2.39. The molecule has 156 valence electrons. The van der Waals surface area contributed by atoms with Crippen LogP contribution in [0.1, 0.15) is 18.2 Å². The van der Waals surface area contributed by atoms with Gasteiger partial charge in [0.2, 0.25) is 0 Å². The topological polar surface area (TPSA) is 79.1 Å². The van der Waals surface area contributed by atoms with Gasteiger partial charge in [0.15, 0.2) is 5.96 Å². The molecular weight excluding hydrogens is 483 g/mol. The number of benzene rings is 1. The SMILES string of the molecule is C=C(C)CNC(=NCc1ccc(N2CCOC2=O)cc1)NCCc1ccco1.I. The van der Waals surface area contributed by atoms with E-state index in [0.717, 1.165) is 35.0 Å². The molecule has 0 unspecified atom stereocenters. The average Bonchev–Trinajstić information content (AvgIpc) is 3.35. The minimum Gasteiger partial charge on any atom is -0.469 e. The second-order valence-electron chi connectivity index (χ2n) is 6.66. The monoisotopic (exact) mass is 510 g/mol. The van der Waals surface area contributed by atoms with E-state index in [1.54, 1.807) is 11.2 Å². The molecule has 1 aliphatic rings. The molecular formula is C21H27IN4O3. The maximum absolute atomic E-state index is 11.6. The van der Waals surface area contributed by atoms with Crippen LogP contribution in [0.5, 0.6) is 0 Å². The second kappa shape index (κ2) is 11.5. The average molecular weight is 510 g/mol. The third-order valence-corrected chi connectivity index (χ3v) is 4.23. The molecule has 1 aromatic carbocycles. The van der Waals surface area contributed by atoms with E-state index in [4.69, 9.17) is 9.15 Å². The first-order valence-electron chi connectivity index (χ1n) is 9.34. The summed E-state index contributed by atoms with van der Waals surface area (Å²) < 4.78 is 10.3. The van der Waals surface area contributed by atoms with Gasteiger partial charge in [-0.05, 0) is 36.8 Å². The fourth-order valence-corrected chi connectivity index (χ4v) is 2.75. The van der Waals surface area contributed by atoms with Crippen LogP contribution >= 0.6 is 24.0 Å². The Hall–Kier alpha value is -2.49. The number of ether oxygens (including phenoxy) is 1. The number of halogens is 1. The first-order valence-corrected chi connectivity index (χ1v) is 9.34. The van der Waals surface area contributed by atoms with Crippen molar-refractivity contribution in [3.63, 3.8) is 0 Å². The van der Waals surface area contributed by atoms with Crippen LogP contribution in [0.25, 0.3) is 0 Å². The van der Waals surface area contributed by atoms with Gasteiger partial charge in [0, 0.05) is 25.2 Å². The van der Waals surface area contributed by atoms with Gasteiger partial charge in [-0.2, -0.15) is 0 Å². The molecule has 0 radical (unpaired) electrons. The predicted molar refractivity (Wildman–Crippen MR) is 125 cm³/mol. The van der Waals surface area contributed by atoms with Crippen molar-refractivity contribution in [2.75, 3.05) is 31.1 Å². The van der Waals surface area contributed by atoms with Gasteiger partial charge in [-0.3, -0.25) is 4.90 Å². The summed E-state index contributed by atoms with van der Waals surface area (Å²) in [6, 6.07) is 11.6. The highest BCUT2D eigenvalue weighted by atomic mass is 127. The van der Waals surface area contributed by atoms with Gasteiger partial charge in [-0.25, -0.2) is 9.79 Å². The largest absolute Gasteiger partial charge is 0.469 e. The normalized spacial score (nSPS) is 13.6. The summed E-state index contributed by atoms with van der Waals surface area (Å²) in [6.45, 7) is 8.80. The Balaban J connectivity index is 0.00000300. The number of aliphatic imine (C=N–C) groups is 1. The van der Waals surface area contributed by atoms with Crippen LogP contribution in [0.4, 0.5) is 10.5 Å². The van der Waals surface area contributed by atoms with E-state index in [2.05, 4.69) is 22.2 Å². The van der Waals surface area contributed by atoms with E-state index in [9.17, 15) is 4.79 Å². The van der Waals surface area contributed by atoms with Crippen LogP contribution in [0, 0.1) is 0 Å². The zero-order valence-corrected chi connectivity index (χ0v) is 18.8. The zero-order valence-electron chi connectivity index (χ0n) is 16.5. The number of hydrogen-bond acceptors (Lipinski definition) is 4. The molecule has 2 heterocycles. The van der Waals surface area contributed by atoms with Crippen LogP contribution in [-0.2, 0) is 17.7 Å². The highest BCUT2D eigenvalue weighted by Gasteiger charge is 2.23. The molecule has 7 nitrogen and oxygen atoms in total. The number of carbonyl (C=O) groups excluding carboxylic acids is 1. The first-order chi connectivity index (χ1) is 13.6. The van der Waals surface area contributed by atoms with Crippen molar-refractivity contribution < 1.29 is 13.9 Å². The third kappa shape index (κ3) is 7.12. The molecule has 0 spiro atoms. The molecule has 3 rings (SSSR count). The minimum atomic E-state index is -0.294. The van der Waals surface area contributed by atoms with Gasteiger partial charge in [0.1, 0.15) is 12.4 Å². The summed E-state index contributed by atoms with van der Waals surface area (Å²) in [6.07, 6.45) is 2.16. The number of cyclic esters (lactones) is 1. The highest BCUT2D eigenvalue weighted by molar-refractivity contribution is 14.0. The number of carbonyl (C=O) groups is 1. The van der Waals surface area contributed by atoms with Crippen molar-refractivity contribution in [2.45, 2.75) is 19.9 Å². The number of amides is 1. The molecule has 0 saturated carbocycles. The molecule has 1 aliphatic heterocycles. The van der Waals surface area contributed by atoms with Crippen molar-refractivity contribution in [1.82, 2.24) is 10.6 Å². The Morgan fingerprint density at radius 1 is 1.24 bits per heavy atom. The lowest BCUT2D eigenvalue weighted by molar-refractivity contribution is 0.181. The molecule has 2 aromatic rings. The summed E-state index contributed by atoms with van der Waals surface area (Å²) in [5, 5.41) is 6.58. The van der Waals surface area contributed by atoms with Crippen molar-refractivity contribution in [3.8, 4) is 0 Å². The molecule has 0 aliphatic carbocycles. The van der Waals surface area contributed by atoms with Crippen molar-refractivity contribution >= 4 is 41.7 Å². The van der Waals surface area contributed by atoms with Crippen LogP contribution in [-0.4, -0.2) is 38.3 Å². The Bertz CT molecular complexity index is 819. The molecule has 8 heteroatoms. The summed E-state index contributed by atoms with van der Waals surface area (Å²) in [7, 11) is 0. The summed E-state index contributed by atoms with van der Waals surface area (Å²) in [5.74, 6) is 1.66. The minimum absolute atomic E-state index is 0. The number of furan rings is 1. The maximum Gasteiger partial charge on any atom is 0.414 e. The van der Waals surface area contributed by atoms with E-state index < -0.39 is 0 Å². The summed E-state index contributed by atoms with van der Waals surface area (Å²) in [4.78, 5) is 17.9. The predicted octanol–water partition coefficient (Wildman–Crippen LogP) is 3.71. The van der Waals surface area contributed by atoms with Crippen molar-refractivity contribution in [3.05, 3.63) is 66.1 Å². The fourth-order valence-electron chi connectivity index (χ4n) is 2.75. The number of rotatable bonds is 8. The standard InChI is InChI=1S/C21H26N4O3.HI/c1-16(2)14-23-20(22-10-9-19-4-3-12-27-19)24-15-17-5-7-18(8-6-17)25-11-13-28-21(25)26;/h3-8,12H,1,9-11,13-15H2,2H3,(H2,22,23,24);1H. The van der Waals surface area contributed by atoms with Gasteiger partial charge < -0.3 is 19.8 Å². The molecule has 1 amide bonds. The third-order valence-electron chi connectivity index (χ3n) is 4.23. The molecule has 1 fully saturated rings. The van der Waals surface area contributed by atoms with Crippen molar-refractivity contribution in [2.24, 2.45) is 4.99 Å². The molecule has 0 atom stereocenters. The summed E-state index contributed by atoms with van der Waals surface area (Å²) in [5.41, 5.74) is 2.92. The Labute approximate surface area is 188 Å². The molecule has 0 bridgehead atoms. The van der Waals surface area contributed by atoms with Crippen LogP contribution in [0.15, 0.2) is 64.2 Å². The molecule has 2 N–H and O–H groups in total. The van der Waals surface area contributed by atoms with Crippen LogP contribution in [0.2, 0.25) is 0 Å². The van der Waals surface area contributed by atoms with Gasteiger partial charge in [-0.1, -0.05) is 24.3 Å². The molecule has 1 aromatic heterocycles. The van der Waals surface area contributed by atoms with Gasteiger partial charge in [0.25, 0.3) is 0 Å². The lowest BCUT2D eigenvalue weighted by atomic mass is 10.2. The highest BCUT2D eigenvalue weighted by Crippen LogP contribution is 2.19. The number of guanidine groups is 1. The molecule has 29 heavy (non-hydrogen) atoms. The van der Waals surface area contributed by atoms with Crippen molar-refractivity contribution in [1.29, 1.82) is 0 Å². The van der Waals surface area contributed by atoms with E-state index in [-0.39, 0.29) is 30.1 Å². The summed E-state index contributed by atoms with van der Waals surface area (Å²) >= 11 is 0. The van der Waals surface area contributed by atoms with Gasteiger partial charge in [-0.15, -0.1) is 24.0 Å². The van der Waals surface area contributed by atoms with Gasteiger partial charge in [0.05, 0.1) is 19.4 Å². The van der Waals surface area contributed by atoms with E-state index in [0.29, 0.717) is 32.8 Å². The Morgan fingerprint density at radius 2 is 2.03 bits per heavy atom. The number of nitrogens with one attached hydrogen (secondary N) is 2. The smallest absolute Gasteiger partial charge is 0.414 e. The molecule has 1 saturated heterocycles. The second-order valence-corrected chi connectivity index (χ2v) is 6.66. The van der Waals surface area contributed by atoms with Crippen LogP contribution < -0.4 is 15.5 Å². The first kappa shape index (κ1) is 22.8. The fraction of sp³-hybridized carbons (Fsp3) is 0.333. The Morgan fingerprint density at radius 3 is 2.66 bits per heavy atom. The quantitative estimate of drug-likeness (QED) is 0.245.